The Morgan fingerprint density at radius 3 is 2.50 bits per heavy atom. The normalized spacial score (nSPS) is 10.2. The number of methoxy groups -OCH3 is 1. The number of pyridine rings is 1. The van der Waals surface area contributed by atoms with Gasteiger partial charge in [0.2, 0.25) is 0 Å². The number of hydrogen-bond acceptors (Lipinski definition) is 5. The van der Waals surface area contributed by atoms with Gasteiger partial charge in [-0.2, -0.15) is 0 Å². The lowest BCUT2D eigenvalue weighted by molar-refractivity contribution is 0.0600. The molecule has 3 rings (SSSR count). The molecule has 1 aromatic heterocycles. The number of halogens is 1. The number of esters is 1. The highest BCUT2D eigenvalue weighted by Crippen LogP contribution is 2.25. The van der Waals surface area contributed by atoms with Gasteiger partial charge in [-0.1, -0.05) is 17.7 Å². The first-order valence-corrected chi connectivity index (χ1v) is 8.83. The average Bonchev–Trinajstić information content (AvgIpc) is 2.71. The Morgan fingerprint density at radius 2 is 1.79 bits per heavy atom. The summed E-state index contributed by atoms with van der Waals surface area (Å²) in [5.74, 6) is -0.197. The molecule has 6 nitrogen and oxygen atoms in total. The molecular weight excluding hydrogens is 378 g/mol. The molecule has 1 amide bonds. The molecule has 7 heteroatoms. The molecule has 0 fully saturated rings. The number of nitrogens with zero attached hydrogens (tertiary/aromatic N) is 1. The van der Waals surface area contributed by atoms with Crippen LogP contribution in [0.1, 0.15) is 26.3 Å². The van der Waals surface area contributed by atoms with Crippen LogP contribution in [0.25, 0.3) is 0 Å². The molecule has 0 aliphatic carbocycles. The van der Waals surface area contributed by atoms with Crippen LogP contribution in [0, 0.1) is 6.92 Å². The molecule has 0 radical (unpaired) electrons. The van der Waals surface area contributed by atoms with Gasteiger partial charge in [-0.05, 0) is 61.0 Å². The Hall–Kier alpha value is -3.38. The highest BCUT2D eigenvalue weighted by Gasteiger charge is 2.10. The highest BCUT2D eigenvalue weighted by atomic mass is 35.5. The van der Waals surface area contributed by atoms with Gasteiger partial charge in [-0.25, -0.2) is 9.78 Å². The van der Waals surface area contributed by atoms with E-state index in [0.717, 1.165) is 11.3 Å². The monoisotopic (exact) mass is 395 g/mol. The van der Waals surface area contributed by atoms with Crippen molar-refractivity contribution in [1.29, 1.82) is 0 Å². The van der Waals surface area contributed by atoms with E-state index in [0.29, 0.717) is 27.7 Å². The zero-order valence-electron chi connectivity index (χ0n) is 15.3. The van der Waals surface area contributed by atoms with Gasteiger partial charge in [0.05, 0.1) is 12.7 Å². The summed E-state index contributed by atoms with van der Waals surface area (Å²) in [7, 11) is 1.32. The smallest absolute Gasteiger partial charge is 0.337 e. The van der Waals surface area contributed by atoms with Crippen LogP contribution in [0.15, 0.2) is 60.8 Å². The summed E-state index contributed by atoms with van der Waals surface area (Å²) in [4.78, 5) is 28.3. The number of carbonyl (C=O) groups is 2. The first kappa shape index (κ1) is 19.4. The summed E-state index contributed by atoms with van der Waals surface area (Å²) in [5.41, 5.74) is 3.12. The summed E-state index contributed by atoms with van der Waals surface area (Å²) < 4.78 is 4.66. The molecule has 0 saturated carbocycles. The predicted octanol–water partition coefficient (Wildman–Crippen LogP) is 4.83. The van der Waals surface area contributed by atoms with E-state index in [-0.39, 0.29) is 5.91 Å². The van der Waals surface area contributed by atoms with Crippen molar-refractivity contribution in [2.45, 2.75) is 6.92 Å². The van der Waals surface area contributed by atoms with Crippen molar-refractivity contribution in [3.63, 3.8) is 0 Å². The Kier molecular flexibility index (Phi) is 5.91. The molecule has 0 atom stereocenters. The summed E-state index contributed by atoms with van der Waals surface area (Å²) in [6.07, 6.45) is 1.55. The number of amides is 1. The van der Waals surface area contributed by atoms with Crippen LogP contribution in [0.4, 0.5) is 17.2 Å². The summed E-state index contributed by atoms with van der Waals surface area (Å²) >= 11 is 6.14. The van der Waals surface area contributed by atoms with Gasteiger partial charge in [-0.15, -0.1) is 0 Å². The lowest BCUT2D eigenvalue weighted by atomic mass is 10.2. The van der Waals surface area contributed by atoms with Gasteiger partial charge >= 0.3 is 5.97 Å². The number of ether oxygens (including phenoxy) is 1. The fourth-order valence-corrected chi connectivity index (χ4v) is 2.71. The Morgan fingerprint density at radius 1 is 1.04 bits per heavy atom. The molecule has 1 heterocycles. The maximum Gasteiger partial charge on any atom is 0.337 e. The molecule has 2 N–H and O–H groups in total. The molecular formula is C21H18ClN3O3. The average molecular weight is 396 g/mol. The van der Waals surface area contributed by atoms with Crippen molar-refractivity contribution in [2.75, 3.05) is 17.7 Å². The third-order valence-corrected chi connectivity index (χ3v) is 4.53. The van der Waals surface area contributed by atoms with E-state index in [1.54, 1.807) is 42.6 Å². The molecule has 28 heavy (non-hydrogen) atoms. The van der Waals surface area contributed by atoms with Crippen LogP contribution >= 0.6 is 11.6 Å². The van der Waals surface area contributed by atoms with E-state index in [1.165, 1.54) is 7.11 Å². The van der Waals surface area contributed by atoms with Crippen molar-refractivity contribution in [2.24, 2.45) is 0 Å². The maximum absolute atomic E-state index is 12.5. The third kappa shape index (κ3) is 4.47. The number of aromatic nitrogens is 1. The Balaban J connectivity index is 1.73. The first-order chi connectivity index (χ1) is 13.5. The number of rotatable bonds is 5. The summed E-state index contributed by atoms with van der Waals surface area (Å²) in [6, 6.07) is 15.3. The molecule has 0 aliphatic rings. The molecule has 0 aliphatic heterocycles. The second-order valence-corrected chi connectivity index (χ2v) is 6.40. The van der Waals surface area contributed by atoms with Gasteiger partial charge in [-0.3, -0.25) is 4.79 Å². The van der Waals surface area contributed by atoms with Crippen molar-refractivity contribution in [3.8, 4) is 0 Å². The Labute approximate surface area is 167 Å². The maximum atomic E-state index is 12.5. The minimum absolute atomic E-state index is 0.293. The zero-order valence-corrected chi connectivity index (χ0v) is 16.1. The minimum Gasteiger partial charge on any atom is -0.465 e. The van der Waals surface area contributed by atoms with Gasteiger partial charge in [0, 0.05) is 28.2 Å². The van der Waals surface area contributed by atoms with Crippen LogP contribution < -0.4 is 10.6 Å². The van der Waals surface area contributed by atoms with Gasteiger partial charge < -0.3 is 15.4 Å². The van der Waals surface area contributed by atoms with Crippen molar-refractivity contribution in [1.82, 2.24) is 4.98 Å². The van der Waals surface area contributed by atoms with E-state index in [1.807, 2.05) is 25.1 Å². The van der Waals surface area contributed by atoms with E-state index >= 15 is 0 Å². The van der Waals surface area contributed by atoms with Crippen molar-refractivity contribution >= 4 is 40.7 Å². The molecule has 3 aromatic rings. The Bertz CT molecular complexity index is 1020. The van der Waals surface area contributed by atoms with Gasteiger partial charge in [0.25, 0.3) is 5.91 Å². The minimum atomic E-state index is -0.431. The quantitative estimate of drug-likeness (QED) is 0.605. The second-order valence-electron chi connectivity index (χ2n) is 5.99. The number of anilines is 3. The third-order valence-electron chi connectivity index (χ3n) is 4.12. The number of nitrogens with one attached hydrogen (secondary N) is 2. The van der Waals surface area contributed by atoms with Crippen LogP contribution in [-0.2, 0) is 4.74 Å². The molecule has 0 saturated heterocycles. The highest BCUT2D eigenvalue weighted by molar-refractivity contribution is 6.31. The lowest BCUT2D eigenvalue weighted by Gasteiger charge is -2.11. The second kappa shape index (κ2) is 8.54. The molecule has 0 bridgehead atoms. The molecule has 0 spiro atoms. The fraction of sp³-hybridized carbons (Fsp3) is 0.0952. The number of benzene rings is 2. The standard InChI is InChI=1S/C21H18ClN3O3/c1-13-17(22)4-3-5-18(13)25-19-12-15(10-11-23-19)20(26)24-16-8-6-14(7-9-16)21(27)28-2/h3-12H,1-2H3,(H,23,25)(H,24,26). The SMILES string of the molecule is COC(=O)c1ccc(NC(=O)c2ccnc(Nc3cccc(Cl)c3C)c2)cc1. The number of carbonyl (C=O) groups excluding carboxylic acids is 2. The van der Waals surface area contributed by atoms with Crippen molar-refractivity contribution in [3.05, 3.63) is 82.5 Å². The summed E-state index contributed by atoms with van der Waals surface area (Å²) in [5, 5.41) is 6.61. The summed E-state index contributed by atoms with van der Waals surface area (Å²) in [6.45, 7) is 1.90. The van der Waals surface area contributed by atoms with Crippen LogP contribution in [-0.4, -0.2) is 24.0 Å². The first-order valence-electron chi connectivity index (χ1n) is 8.46. The van der Waals surface area contributed by atoms with Crippen LogP contribution in [0.2, 0.25) is 5.02 Å². The lowest BCUT2D eigenvalue weighted by Crippen LogP contribution is -2.12. The largest absolute Gasteiger partial charge is 0.465 e. The van der Waals surface area contributed by atoms with Crippen LogP contribution in [0.5, 0.6) is 0 Å². The predicted molar refractivity (Wildman–Crippen MR) is 109 cm³/mol. The number of hydrogen-bond donors (Lipinski definition) is 2. The fourth-order valence-electron chi connectivity index (χ4n) is 2.53. The topological polar surface area (TPSA) is 80.3 Å². The zero-order chi connectivity index (χ0) is 20.1. The van der Waals surface area contributed by atoms with Crippen LogP contribution in [0.3, 0.4) is 0 Å². The van der Waals surface area contributed by atoms with Crippen molar-refractivity contribution < 1.29 is 14.3 Å². The van der Waals surface area contributed by atoms with E-state index in [9.17, 15) is 9.59 Å². The molecule has 2 aromatic carbocycles. The van der Waals surface area contributed by atoms with E-state index in [2.05, 4.69) is 20.4 Å². The van der Waals surface area contributed by atoms with Gasteiger partial charge in [0.15, 0.2) is 0 Å². The van der Waals surface area contributed by atoms with Gasteiger partial charge in [0.1, 0.15) is 5.82 Å². The van der Waals surface area contributed by atoms with E-state index in [4.69, 9.17) is 11.6 Å². The van der Waals surface area contributed by atoms with E-state index < -0.39 is 5.97 Å². The molecule has 0 unspecified atom stereocenters. The molecule has 142 valence electrons.